The lowest BCUT2D eigenvalue weighted by Crippen LogP contribution is -2.22. The molecule has 2 aromatic heterocycles. The molecule has 0 amide bonds. The fourth-order valence-electron chi connectivity index (χ4n) is 2.78. The quantitative estimate of drug-likeness (QED) is 0.577. The van der Waals surface area contributed by atoms with E-state index in [1.165, 1.54) is 0 Å². The van der Waals surface area contributed by atoms with Gasteiger partial charge in [0.2, 0.25) is 0 Å². The first-order valence-corrected chi connectivity index (χ1v) is 14.4. The lowest BCUT2D eigenvalue weighted by atomic mass is 10.1. The normalized spacial score (nSPS) is 16.2. The molecule has 1 aliphatic heterocycles. The van der Waals surface area contributed by atoms with Gasteiger partial charge >= 0.3 is 0 Å². The smallest absolute Gasteiger partial charge is 0.195 e. The lowest BCUT2D eigenvalue weighted by molar-refractivity contribution is 0.0898. The number of ether oxygens (including phenoxy) is 1. The van der Waals surface area contributed by atoms with E-state index in [4.69, 9.17) is 4.74 Å². The number of sulfone groups is 1. The standard InChI is InChI=1S/C16H24N2O3SSi.C2H6/c1-23(2,3)10-8-21-12-18-7-6-13-11-14-5-4-9-22(19,20)16(14)17-15(13)18;1-2/h6-7,11H,4-5,8-10,12H2,1-3H3;1-2H3. The van der Waals surface area contributed by atoms with Gasteiger partial charge in [0.1, 0.15) is 12.4 Å². The van der Waals surface area contributed by atoms with Gasteiger partial charge in [-0.05, 0) is 36.6 Å². The Bertz CT molecular complexity index is 823. The number of fused-ring (bicyclic) bond motifs is 2. The molecule has 0 bridgehead atoms. The van der Waals surface area contributed by atoms with Gasteiger partial charge in [-0.2, -0.15) is 0 Å². The zero-order valence-corrected chi connectivity index (χ0v) is 17.8. The molecular weight excluding hydrogens is 352 g/mol. The Morgan fingerprint density at radius 2 is 2.00 bits per heavy atom. The summed E-state index contributed by atoms with van der Waals surface area (Å²) >= 11 is 0. The average Bonchev–Trinajstić information content (AvgIpc) is 2.93. The van der Waals surface area contributed by atoms with Crippen molar-refractivity contribution in [2.24, 2.45) is 0 Å². The molecule has 0 aliphatic carbocycles. The van der Waals surface area contributed by atoms with E-state index in [2.05, 4.69) is 24.6 Å². The van der Waals surface area contributed by atoms with Crippen molar-refractivity contribution < 1.29 is 13.2 Å². The maximum Gasteiger partial charge on any atom is 0.195 e. The van der Waals surface area contributed by atoms with Crippen LogP contribution in [0.1, 0.15) is 25.8 Å². The van der Waals surface area contributed by atoms with Crippen LogP contribution in [0.5, 0.6) is 0 Å². The summed E-state index contributed by atoms with van der Waals surface area (Å²) in [6.45, 7) is 12.1. The second-order valence-electron chi connectivity index (χ2n) is 7.42. The molecule has 2 aromatic rings. The van der Waals surface area contributed by atoms with E-state index in [1.807, 2.05) is 36.7 Å². The van der Waals surface area contributed by atoms with E-state index in [0.29, 0.717) is 18.8 Å². The molecule has 0 atom stereocenters. The van der Waals surface area contributed by atoms with Crippen molar-refractivity contribution in [3.8, 4) is 0 Å². The zero-order valence-electron chi connectivity index (χ0n) is 16.0. The highest BCUT2D eigenvalue weighted by molar-refractivity contribution is 7.91. The van der Waals surface area contributed by atoms with Crippen molar-refractivity contribution in [3.05, 3.63) is 23.9 Å². The number of aryl methyl sites for hydroxylation is 1. The van der Waals surface area contributed by atoms with Crippen molar-refractivity contribution in [2.75, 3.05) is 12.4 Å². The Labute approximate surface area is 152 Å². The van der Waals surface area contributed by atoms with Gasteiger partial charge in [0.05, 0.1) is 5.75 Å². The van der Waals surface area contributed by atoms with E-state index >= 15 is 0 Å². The van der Waals surface area contributed by atoms with Crippen LogP contribution in [0.25, 0.3) is 11.0 Å². The summed E-state index contributed by atoms with van der Waals surface area (Å²) in [5.41, 5.74) is 1.54. The van der Waals surface area contributed by atoms with Crippen molar-refractivity contribution >= 4 is 28.9 Å². The predicted octanol–water partition coefficient (Wildman–Crippen LogP) is 4.09. The van der Waals surface area contributed by atoms with Crippen LogP contribution in [0.2, 0.25) is 25.7 Å². The maximum atomic E-state index is 12.2. The Morgan fingerprint density at radius 3 is 2.68 bits per heavy atom. The van der Waals surface area contributed by atoms with E-state index < -0.39 is 17.9 Å². The van der Waals surface area contributed by atoms with Gasteiger partial charge in [-0.3, -0.25) is 0 Å². The van der Waals surface area contributed by atoms with Crippen LogP contribution in [0.3, 0.4) is 0 Å². The molecular formula is C18H30N2O3SSi. The molecule has 1 aliphatic rings. The van der Waals surface area contributed by atoms with E-state index in [1.54, 1.807) is 0 Å². The van der Waals surface area contributed by atoms with Gasteiger partial charge in [-0.1, -0.05) is 33.5 Å². The monoisotopic (exact) mass is 382 g/mol. The summed E-state index contributed by atoms with van der Waals surface area (Å²) in [6, 6.07) is 5.06. The summed E-state index contributed by atoms with van der Waals surface area (Å²) in [5, 5.41) is 1.24. The summed E-state index contributed by atoms with van der Waals surface area (Å²) < 4.78 is 32.1. The Balaban J connectivity index is 0.00000109. The number of hydrogen-bond donors (Lipinski definition) is 0. The molecule has 0 spiro atoms. The predicted molar refractivity (Wildman–Crippen MR) is 106 cm³/mol. The van der Waals surface area contributed by atoms with Crippen LogP contribution in [0, 0.1) is 0 Å². The number of aromatic nitrogens is 2. The van der Waals surface area contributed by atoms with Crippen molar-refractivity contribution in [1.29, 1.82) is 0 Å². The second-order valence-corrected chi connectivity index (χ2v) is 15.1. The van der Waals surface area contributed by atoms with Gasteiger partial charge in [0.15, 0.2) is 14.9 Å². The molecule has 0 radical (unpaired) electrons. The van der Waals surface area contributed by atoms with Crippen LogP contribution in [0.4, 0.5) is 0 Å². The maximum absolute atomic E-state index is 12.2. The Hall–Kier alpha value is -1.18. The minimum Gasteiger partial charge on any atom is -0.361 e. The van der Waals surface area contributed by atoms with Crippen molar-refractivity contribution in [2.45, 2.75) is 64.1 Å². The first-order chi connectivity index (χ1) is 11.8. The van der Waals surface area contributed by atoms with Gasteiger partial charge in [0.25, 0.3) is 0 Å². The second kappa shape index (κ2) is 8.01. The van der Waals surface area contributed by atoms with Crippen LogP contribution in [-0.2, 0) is 27.7 Å². The molecule has 5 nitrogen and oxygen atoms in total. The van der Waals surface area contributed by atoms with Gasteiger partial charge in [0, 0.05) is 26.3 Å². The molecule has 3 rings (SSSR count). The van der Waals surface area contributed by atoms with Gasteiger partial charge < -0.3 is 9.30 Å². The SMILES string of the molecule is CC.C[Si](C)(C)CCOCn1ccc2cc3c(nc21)S(=O)(=O)CCC3. The molecule has 0 fully saturated rings. The van der Waals surface area contributed by atoms with Crippen LogP contribution >= 0.6 is 0 Å². The van der Waals surface area contributed by atoms with Gasteiger partial charge in [-0.25, -0.2) is 13.4 Å². The average molecular weight is 383 g/mol. The highest BCUT2D eigenvalue weighted by Crippen LogP contribution is 2.27. The third kappa shape index (κ3) is 4.92. The summed E-state index contributed by atoms with van der Waals surface area (Å²) in [5.74, 6) is 0.200. The first kappa shape index (κ1) is 20.1. The topological polar surface area (TPSA) is 61.2 Å². The largest absolute Gasteiger partial charge is 0.361 e. The van der Waals surface area contributed by atoms with E-state index in [9.17, 15) is 8.42 Å². The fourth-order valence-corrected chi connectivity index (χ4v) is 5.04. The summed E-state index contributed by atoms with van der Waals surface area (Å²) in [4.78, 5) is 4.46. The molecule has 140 valence electrons. The zero-order chi connectivity index (χ0) is 18.7. The Kier molecular flexibility index (Phi) is 6.45. The molecule has 0 aromatic carbocycles. The van der Waals surface area contributed by atoms with Crippen LogP contribution in [0.15, 0.2) is 23.4 Å². The first-order valence-electron chi connectivity index (χ1n) is 9.06. The summed E-state index contributed by atoms with van der Waals surface area (Å²) in [7, 11) is -4.33. The minimum absolute atomic E-state index is 0.200. The Morgan fingerprint density at radius 1 is 1.28 bits per heavy atom. The molecule has 0 N–H and O–H groups in total. The van der Waals surface area contributed by atoms with Crippen molar-refractivity contribution in [1.82, 2.24) is 9.55 Å². The molecule has 7 heteroatoms. The summed E-state index contributed by atoms with van der Waals surface area (Å²) in [6.07, 6.45) is 3.39. The van der Waals surface area contributed by atoms with Gasteiger partial charge in [-0.15, -0.1) is 0 Å². The highest BCUT2D eigenvalue weighted by Gasteiger charge is 2.26. The molecule has 0 saturated heterocycles. The number of pyridine rings is 1. The third-order valence-electron chi connectivity index (χ3n) is 4.16. The number of nitrogens with zero attached hydrogens (tertiary/aromatic N) is 2. The highest BCUT2D eigenvalue weighted by atomic mass is 32.2. The molecule has 0 saturated carbocycles. The van der Waals surface area contributed by atoms with Crippen molar-refractivity contribution in [3.63, 3.8) is 0 Å². The lowest BCUT2D eigenvalue weighted by Gasteiger charge is -2.17. The molecule has 0 unspecified atom stereocenters. The van der Waals surface area contributed by atoms with Crippen LogP contribution < -0.4 is 0 Å². The molecule has 25 heavy (non-hydrogen) atoms. The van der Waals surface area contributed by atoms with Crippen LogP contribution in [-0.4, -0.2) is 38.4 Å². The van der Waals surface area contributed by atoms with E-state index in [0.717, 1.165) is 30.0 Å². The number of hydrogen-bond acceptors (Lipinski definition) is 4. The fraction of sp³-hybridized carbons (Fsp3) is 0.611. The molecule has 3 heterocycles. The van der Waals surface area contributed by atoms with E-state index in [-0.39, 0.29) is 10.8 Å². The number of rotatable bonds is 5. The minimum atomic E-state index is -3.23. The third-order valence-corrected chi connectivity index (χ3v) is 7.63.